The number of fused-ring (bicyclic) bond motifs is 2. The quantitative estimate of drug-likeness (QED) is 0.288. The molecule has 6 N–H and O–H groups in total. The highest BCUT2D eigenvalue weighted by Gasteiger charge is 2.29. The lowest BCUT2D eigenvalue weighted by Crippen LogP contribution is -2.21. The zero-order chi connectivity index (χ0) is 24.3. The Morgan fingerprint density at radius 2 is 1.82 bits per heavy atom. The van der Waals surface area contributed by atoms with Crippen LogP contribution in [0.25, 0.3) is 0 Å². The first-order chi connectivity index (χ1) is 15.6. The summed E-state index contributed by atoms with van der Waals surface area (Å²) in [5, 5.41) is 18.6. The molecule has 10 heteroatoms. The molecule has 1 atom stereocenters. The predicted molar refractivity (Wildman–Crippen MR) is 117 cm³/mol. The number of carboxylic acids is 2. The van der Waals surface area contributed by atoms with Crippen molar-refractivity contribution in [2.75, 3.05) is 12.8 Å². The number of primary amides is 1. The lowest BCUT2D eigenvalue weighted by atomic mass is 9.89. The number of esters is 1. The molecule has 0 fully saturated rings. The average Bonchev–Trinajstić information content (AvgIpc) is 2.74. The molecule has 10 nitrogen and oxygen atoms in total. The van der Waals surface area contributed by atoms with E-state index in [-0.39, 0.29) is 33.9 Å². The van der Waals surface area contributed by atoms with Crippen LogP contribution in [0.15, 0.2) is 24.3 Å². The third-order valence-corrected chi connectivity index (χ3v) is 5.59. The van der Waals surface area contributed by atoms with Gasteiger partial charge in [-0.2, -0.15) is 0 Å². The summed E-state index contributed by atoms with van der Waals surface area (Å²) in [5.74, 6) is -5.23. The summed E-state index contributed by atoms with van der Waals surface area (Å²) in [6.45, 7) is 0. The number of carbonyl (C=O) groups excluding carboxylic acids is 2. The number of methoxy groups -OCH3 is 1. The summed E-state index contributed by atoms with van der Waals surface area (Å²) < 4.78 is 10.8. The molecule has 0 spiro atoms. The minimum Gasteiger partial charge on any atom is -0.497 e. The molecule has 33 heavy (non-hydrogen) atoms. The second-order valence-corrected chi connectivity index (χ2v) is 7.74. The van der Waals surface area contributed by atoms with Crippen LogP contribution in [0.4, 0.5) is 5.69 Å². The SMILES string of the molecule is COc1cc2c(c(C(N)=O)c1)CCCCc1cc(N)c([C@H](CC(=O)O)C(=O)O)cc1C(=O)O2. The van der Waals surface area contributed by atoms with Gasteiger partial charge in [0.15, 0.2) is 0 Å². The molecule has 2 aromatic rings. The molecule has 1 aliphatic heterocycles. The highest BCUT2D eigenvalue weighted by Crippen LogP contribution is 2.34. The second kappa shape index (κ2) is 9.60. The van der Waals surface area contributed by atoms with Gasteiger partial charge in [0, 0.05) is 22.9 Å². The van der Waals surface area contributed by atoms with Crippen LogP contribution >= 0.6 is 0 Å². The summed E-state index contributed by atoms with van der Waals surface area (Å²) in [7, 11) is 1.40. The van der Waals surface area contributed by atoms with Gasteiger partial charge in [0.1, 0.15) is 11.5 Å². The molecule has 0 radical (unpaired) electrons. The predicted octanol–water partition coefficient (Wildman–Crippen LogP) is 2.12. The van der Waals surface area contributed by atoms with Gasteiger partial charge in [0.05, 0.1) is 25.0 Å². The fourth-order valence-corrected chi connectivity index (χ4v) is 3.96. The molecule has 3 rings (SSSR count). The van der Waals surface area contributed by atoms with Gasteiger partial charge in [-0.25, -0.2) is 4.79 Å². The topological polar surface area (TPSA) is 179 Å². The summed E-state index contributed by atoms with van der Waals surface area (Å²) in [4.78, 5) is 48.0. The number of carbonyl (C=O) groups is 4. The molecule has 0 aromatic heterocycles. The fourth-order valence-electron chi connectivity index (χ4n) is 3.96. The van der Waals surface area contributed by atoms with Crippen LogP contribution in [0.2, 0.25) is 0 Å². The van der Waals surface area contributed by atoms with E-state index in [0.717, 1.165) is 0 Å². The molecule has 1 amide bonds. The van der Waals surface area contributed by atoms with E-state index in [4.69, 9.17) is 26.0 Å². The minimum atomic E-state index is -1.44. The van der Waals surface area contributed by atoms with Crippen molar-refractivity contribution in [2.24, 2.45) is 5.73 Å². The number of benzene rings is 2. The van der Waals surface area contributed by atoms with E-state index >= 15 is 0 Å². The summed E-state index contributed by atoms with van der Waals surface area (Å²) in [6, 6.07) is 5.73. The zero-order valence-electron chi connectivity index (χ0n) is 17.9. The number of aliphatic carboxylic acids is 2. The van der Waals surface area contributed by atoms with Crippen LogP contribution in [-0.2, 0) is 22.4 Å². The fraction of sp³-hybridized carbons (Fsp3) is 0.304. The van der Waals surface area contributed by atoms with Crippen molar-refractivity contribution in [3.63, 3.8) is 0 Å². The number of anilines is 1. The van der Waals surface area contributed by atoms with Crippen molar-refractivity contribution < 1.29 is 38.9 Å². The number of amides is 1. The largest absolute Gasteiger partial charge is 0.497 e. The number of ether oxygens (including phenoxy) is 2. The number of hydrogen-bond acceptors (Lipinski definition) is 7. The summed E-state index contributed by atoms with van der Waals surface area (Å²) in [6.07, 6.45) is 1.47. The van der Waals surface area contributed by atoms with Crippen molar-refractivity contribution in [1.82, 2.24) is 0 Å². The normalized spacial score (nSPS) is 14.3. The first kappa shape index (κ1) is 23.6. The van der Waals surface area contributed by atoms with Crippen molar-refractivity contribution in [2.45, 2.75) is 38.0 Å². The first-order valence-electron chi connectivity index (χ1n) is 10.2. The van der Waals surface area contributed by atoms with Crippen molar-refractivity contribution >= 4 is 29.5 Å². The summed E-state index contributed by atoms with van der Waals surface area (Å²) >= 11 is 0. The van der Waals surface area contributed by atoms with Gasteiger partial charge in [-0.3, -0.25) is 14.4 Å². The third-order valence-electron chi connectivity index (χ3n) is 5.59. The van der Waals surface area contributed by atoms with Crippen LogP contribution in [0.1, 0.15) is 62.6 Å². The monoisotopic (exact) mass is 456 g/mol. The Morgan fingerprint density at radius 1 is 1.12 bits per heavy atom. The molecule has 0 bridgehead atoms. The Morgan fingerprint density at radius 3 is 2.42 bits per heavy atom. The lowest BCUT2D eigenvalue weighted by Gasteiger charge is -2.20. The molecule has 0 saturated carbocycles. The van der Waals surface area contributed by atoms with Gasteiger partial charge in [-0.1, -0.05) is 0 Å². The molecule has 0 unspecified atom stereocenters. The van der Waals surface area contributed by atoms with E-state index in [2.05, 4.69) is 0 Å². The van der Waals surface area contributed by atoms with Gasteiger partial charge in [-0.15, -0.1) is 0 Å². The van der Waals surface area contributed by atoms with Crippen molar-refractivity contribution in [3.8, 4) is 11.5 Å². The highest BCUT2D eigenvalue weighted by molar-refractivity contribution is 5.98. The molecular weight excluding hydrogens is 432 g/mol. The lowest BCUT2D eigenvalue weighted by molar-refractivity contribution is -0.145. The Bertz CT molecular complexity index is 1140. The van der Waals surface area contributed by atoms with E-state index in [1.165, 1.54) is 31.4 Å². The van der Waals surface area contributed by atoms with Crippen LogP contribution in [0.5, 0.6) is 11.5 Å². The number of rotatable bonds is 6. The van der Waals surface area contributed by atoms with E-state index in [1.54, 1.807) is 0 Å². The highest BCUT2D eigenvalue weighted by atomic mass is 16.5. The third kappa shape index (κ3) is 5.05. The Hall–Kier alpha value is -4.08. The maximum atomic E-state index is 13.2. The van der Waals surface area contributed by atoms with E-state index < -0.39 is 36.2 Å². The molecule has 0 aliphatic carbocycles. The number of hydrogen-bond donors (Lipinski definition) is 4. The van der Waals surface area contributed by atoms with Crippen molar-refractivity contribution in [3.05, 3.63) is 52.1 Å². The maximum Gasteiger partial charge on any atom is 0.343 e. The Kier molecular flexibility index (Phi) is 6.86. The van der Waals surface area contributed by atoms with E-state index in [1.807, 2.05) is 0 Å². The molecule has 1 heterocycles. The van der Waals surface area contributed by atoms with Crippen LogP contribution in [0.3, 0.4) is 0 Å². The number of aryl methyl sites for hydroxylation is 1. The smallest absolute Gasteiger partial charge is 0.343 e. The van der Waals surface area contributed by atoms with E-state index in [0.29, 0.717) is 36.8 Å². The Labute approximate surface area is 189 Å². The van der Waals surface area contributed by atoms with Crippen molar-refractivity contribution in [1.29, 1.82) is 0 Å². The molecule has 0 saturated heterocycles. The minimum absolute atomic E-state index is 0.0151. The molecule has 2 aromatic carbocycles. The van der Waals surface area contributed by atoms with E-state index in [9.17, 15) is 24.3 Å². The van der Waals surface area contributed by atoms with Crippen LogP contribution < -0.4 is 20.9 Å². The maximum absolute atomic E-state index is 13.2. The molecule has 1 aliphatic rings. The van der Waals surface area contributed by atoms with Crippen LogP contribution in [-0.4, -0.2) is 41.1 Å². The number of nitrogen functional groups attached to an aromatic ring is 1. The molecular formula is C23H24N2O8. The van der Waals surface area contributed by atoms with Gasteiger partial charge in [-0.05, 0) is 55.0 Å². The van der Waals surface area contributed by atoms with Crippen LogP contribution in [0, 0.1) is 0 Å². The molecule has 174 valence electrons. The van der Waals surface area contributed by atoms with Gasteiger partial charge in [0.25, 0.3) is 0 Å². The number of carboxylic acid groups (broad SMARTS) is 2. The Balaban J connectivity index is 2.13. The first-order valence-corrected chi connectivity index (χ1v) is 10.2. The zero-order valence-corrected chi connectivity index (χ0v) is 17.9. The average molecular weight is 456 g/mol. The summed E-state index contributed by atoms with van der Waals surface area (Å²) in [5.41, 5.74) is 13.0. The van der Waals surface area contributed by atoms with Gasteiger partial charge < -0.3 is 31.2 Å². The standard InChI is InChI=1S/C23H24N2O8/c1-32-12-7-16(21(25)28)13-5-3-2-4-11-6-18(24)15(17(22(29)30)10-20(26)27)9-14(11)23(31)33-19(13)8-12/h6-9,17H,2-5,10,24H2,1H3,(H2,25,28)(H,26,27)(H,29,30)/t17-/m0/s1. The second-order valence-electron chi connectivity index (χ2n) is 7.74. The number of nitrogens with two attached hydrogens (primary N) is 2. The van der Waals surface area contributed by atoms with Gasteiger partial charge >= 0.3 is 17.9 Å². The van der Waals surface area contributed by atoms with Gasteiger partial charge in [0.2, 0.25) is 5.91 Å².